The van der Waals surface area contributed by atoms with Gasteiger partial charge in [-0.3, -0.25) is 0 Å². The number of hydrogen-bond acceptors (Lipinski definition) is 4. The van der Waals surface area contributed by atoms with Gasteiger partial charge in [0.1, 0.15) is 0 Å². The maximum absolute atomic E-state index is 6.12. The van der Waals surface area contributed by atoms with Crippen molar-refractivity contribution in [1.29, 1.82) is 0 Å². The van der Waals surface area contributed by atoms with E-state index in [1.807, 2.05) is 24.3 Å². The highest BCUT2D eigenvalue weighted by Crippen LogP contribution is 2.29. The fourth-order valence-electron chi connectivity index (χ4n) is 3.11. The predicted octanol–water partition coefficient (Wildman–Crippen LogP) is 3.57. The van der Waals surface area contributed by atoms with E-state index in [0.717, 1.165) is 16.6 Å². The van der Waals surface area contributed by atoms with E-state index in [2.05, 4.69) is 34.5 Å². The molecule has 1 heterocycles. The van der Waals surface area contributed by atoms with Crippen molar-refractivity contribution in [3.8, 4) is 0 Å². The molecule has 0 aliphatic heterocycles. The molecule has 1 N–H and O–H groups in total. The Balaban J connectivity index is 1.76. The second kappa shape index (κ2) is 6.16. The molecule has 0 amide bonds. The molecule has 0 bridgehead atoms. The van der Waals surface area contributed by atoms with Crippen LogP contribution in [0.5, 0.6) is 0 Å². The normalized spacial score (nSPS) is 22.7. The van der Waals surface area contributed by atoms with Gasteiger partial charge >= 0.3 is 0 Å². The lowest BCUT2D eigenvalue weighted by Crippen LogP contribution is -2.36. The third-order valence-electron chi connectivity index (χ3n) is 4.41. The van der Waals surface area contributed by atoms with Gasteiger partial charge in [-0.05, 0) is 39.8 Å². The first kappa shape index (κ1) is 14.5. The molecule has 0 atom stereocenters. The van der Waals surface area contributed by atoms with Gasteiger partial charge in [-0.25, -0.2) is 0 Å². The Labute approximate surface area is 130 Å². The van der Waals surface area contributed by atoms with E-state index in [0.29, 0.717) is 17.2 Å². The molecule has 4 nitrogen and oxygen atoms in total. The Bertz CT molecular complexity index is 621. The lowest BCUT2D eigenvalue weighted by atomic mass is 9.90. The average molecular weight is 305 g/mol. The van der Waals surface area contributed by atoms with Gasteiger partial charge in [-0.1, -0.05) is 35.9 Å². The second-order valence-electron chi connectivity index (χ2n) is 6.00. The van der Waals surface area contributed by atoms with Crippen LogP contribution in [0.15, 0.2) is 24.3 Å². The molecular formula is C16H21ClN4. The minimum absolute atomic E-state index is 0.465. The predicted molar refractivity (Wildman–Crippen MR) is 87.9 cm³/mol. The molecule has 0 saturated heterocycles. The number of halogens is 1. The fourth-order valence-corrected chi connectivity index (χ4v) is 3.31. The van der Waals surface area contributed by atoms with Crippen molar-refractivity contribution in [2.45, 2.75) is 37.8 Å². The Morgan fingerprint density at radius 3 is 2.38 bits per heavy atom. The van der Waals surface area contributed by atoms with Crippen molar-refractivity contribution in [2.75, 3.05) is 19.4 Å². The van der Waals surface area contributed by atoms with E-state index in [-0.39, 0.29) is 0 Å². The molecule has 1 aliphatic carbocycles. The number of aromatic nitrogens is 2. The summed E-state index contributed by atoms with van der Waals surface area (Å²) in [7, 11) is 4.33. The Morgan fingerprint density at radius 1 is 1.05 bits per heavy atom. The molecule has 1 aromatic heterocycles. The van der Waals surface area contributed by atoms with Crippen LogP contribution in [0, 0.1) is 0 Å². The largest absolute Gasteiger partial charge is 0.365 e. The van der Waals surface area contributed by atoms with Crippen LogP contribution in [0.25, 0.3) is 10.8 Å². The number of nitrogens with one attached hydrogen (secondary N) is 1. The highest BCUT2D eigenvalue weighted by molar-refractivity contribution is 6.34. The Hall–Kier alpha value is -1.39. The number of rotatable bonds is 3. The molecule has 0 radical (unpaired) electrons. The summed E-state index contributed by atoms with van der Waals surface area (Å²) in [6.45, 7) is 0. The third kappa shape index (κ3) is 3.11. The van der Waals surface area contributed by atoms with Crippen LogP contribution in [0.3, 0.4) is 0 Å². The lowest BCUT2D eigenvalue weighted by molar-refractivity contribution is 0.221. The molecule has 1 aliphatic rings. The molecular weight excluding hydrogens is 284 g/mol. The van der Waals surface area contributed by atoms with E-state index < -0.39 is 0 Å². The van der Waals surface area contributed by atoms with Crippen molar-refractivity contribution in [3.63, 3.8) is 0 Å². The average Bonchev–Trinajstić information content (AvgIpc) is 2.51. The first-order valence-corrected chi connectivity index (χ1v) is 7.87. The molecule has 1 fully saturated rings. The SMILES string of the molecule is CN(C)[C@H]1CC[C@H](Nc2nnc(Cl)c3ccccc23)CC1. The molecule has 5 heteroatoms. The summed E-state index contributed by atoms with van der Waals surface area (Å²) in [5, 5.41) is 14.3. The molecule has 1 saturated carbocycles. The zero-order valence-electron chi connectivity index (χ0n) is 12.5. The van der Waals surface area contributed by atoms with Gasteiger partial charge in [-0.2, -0.15) is 0 Å². The summed E-state index contributed by atoms with van der Waals surface area (Å²) in [5.41, 5.74) is 0. The van der Waals surface area contributed by atoms with Gasteiger partial charge < -0.3 is 10.2 Å². The number of hydrogen-bond donors (Lipinski definition) is 1. The van der Waals surface area contributed by atoms with Gasteiger partial charge in [0.15, 0.2) is 11.0 Å². The van der Waals surface area contributed by atoms with Gasteiger partial charge in [0.05, 0.1) is 0 Å². The van der Waals surface area contributed by atoms with Gasteiger partial charge in [0.2, 0.25) is 0 Å². The fraction of sp³-hybridized carbons (Fsp3) is 0.500. The first-order chi connectivity index (χ1) is 10.1. The van der Waals surface area contributed by atoms with E-state index in [1.54, 1.807) is 0 Å². The van der Waals surface area contributed by atoms with Crippen LogP contribution in [0.4, 0.5) is 5.82 Å². The quantitative estimate of drug-likeness (QED) is 0.941. The second-order valence-corrected chi connectivity index (χ2v) is 6.36. The van der Waals surface area contributed by atoms with Crippen molar-refractivity contribution >= 4 is 28.2 Å². The summed E-state index contributed by atoms with van der Waals surface area (Å²) in [6, 6.07) is 9.19. The maximum Gasteiger partial charge on any atom is 0.159 e. The van der Waals surface area contributed by atoms with E-state index in [1.165, 1.54) is 25.7 Å². The number of nitrogens with zero attached hydrogens (tertiary/aromatic N) is 3. The van der Waals surface area contributed by atoms with E-state index in [9.17, 15) is 0 Å². The Kier molecular flexibility index (Phi) is 4.27. The smallest absolute Gasteiger partial charge is 0.159 e. The highest BCUT2D eigenvalue weighted by Gasteiger charge is 2.23. The third-order valence-corrected chi connectivity index (χ3v) is 4.69. The first-order valence-electron chi connectivity index (χ1n) is 7.49. The molecule has 2 aromatic rings. The van der Waals surface area contributed by atoms with Crippen LogP contribution in [0.2, 0.25) is 5.15 Å². The Morgan fingerprint density at radius 2 is 1.71 bits per heavy atom. The van der Waals surface area contributed by atoms with Gasteiger partial charge in [0.25, 0.3) is 0 Å². The highest BCUT2D eigenvalue weighted by atomic mass is 35.5. The van der Waals surface area contributed by atoms with Crippen LogP contribution in [-0.2, 0) is 0 Å². The van der Waals surface area contributed by atoms with E-state index >= 15 is 0 Å². The zero-order chi connectivity index (χ0) is 14.8. The molecule has 21 heavy (non-hydrogen) atoms. The number of benzene rings is 1. The molecule has 0 unspecified atom stereocenters. The standard InChI is InChI=1S/C16H21ClN4/c1-21(2)12-9-7-11(8-10-12)18-16-14-6-4-3-5-13(14)15(17)19-20-16/h3-6,11-12H,7-10H2,1-2H3,(H,18,20)/t11-,12-. The van der Waals surface area contributed by atoms with Crippen molar-refractivity contribution in [1.82, 2.24) is 15.1 Å². The van der Waals surface area contributed by atoms with Crippen molar-refractivity contribution in [3.05, 3.63) is 29.4 Å². The minimum Gasteiger partial charge on any atom is -0.365 e. The number of fused-ring (bicyclic) bond motifs is 1. The molecule has 3 rings (SSSR count). The van der Waals surface area contributed by atoms with E-state index in [4.69, 9.17) is 11.6 Å². The summed E-state index contributed by atoms with van der Waals surface area (Å²) < 4.78 is 0. The minimum atomic E-state index is 0.465. The van der Waals surface area contributed by atoms with Crippen LogP contribution < -0.4 is 5.32 Å². The van der Waals surface area contributed by atoms with Gasteiger partial charge in [0, 0.05) is 22.9 Å². The van der Waals surface area contributed by atoms with Crippen LogP contribution in [-0.4, -0.2) is 41.3 Å². The van der Waals surface area contributed by atoms with Crippen LogP contribution in [0.1, 0.15) is 25.7 Å². The van der Waals surface area contributed by atoms with Gasteiger partial charge in [-0.15, -0.1) is 10.2 Å². The number of anilines is 1. The molecule has 1 aromatic carbocycles. The lowest BCUT2D eigenvalue weighted by Gasteiger charge is -2.33. The van der Waals surface area contributed by atoms with Crippen molar-refractivity contribution in [2.24, 2.45) is 0 Å². The summed E-state index contributed by atoms with van der Waals surface area (Å²) in [4.78, 5) is 2.33. The maximum atomic E-state index is 6.12. The zero-order valence-corrected chi connectivity index (χ0v) is 13.3. The van der Waals surface area contributed by atoms with Crippen LogP contribution >= 0.6 is 11.6 Å². The molecule has 112 valence electrons. The van der Waals surface area contributed by atoms with Crippen molar-refractivity contribution < 1.29 is 0 Å². The topological polar surface area (TPSA) is 41.0 Å². The summed E-state index contributed by atoms with van der Waals surface area (Å²) in [6.07, 6.45) is 4.79. The summed E-state index contributed by atoms with van der Waals surface area (Å²) >= 11 is 6.12. The molecule has 0 spiro atoms. The summed E-state index contributed by atoms with van der Waals surface area (Å²) in [5.74, 6) is 0.850. The monoisotopic (exact) mass is 304 g/mol.